The molecule has 0 radical (unpaired) electrons. The highest BCUT2D eigenvalue weighted by atomic mass is 32.2. The summed E-state index contributed by atoms with van der Waals surface area (Å²) in [5, 5.41) is 0. The Balaban J connectivity index is 2.25. The first-order valence-corrected chi connectivity index (χ1v) is 6.35. The summed E-state index contributed by atoms with van der Waals surface area (Å²) in [7, 11) is 0. The van der Waals surface area contributed by atoms with E-state index in [1.165, 1.54) is 19.3 Å². The van der Waals surface area contributed by atoms with E-state index >= 15 is 0 Å². The van der Waals surface area contributed by atoms with Gasteiger partial charge in [0.25, 0.3) is 0 Å². The molecule has 2 aliphatic heterocycles. The van der Waals surface area contributed by atoms with E-state index in [1.807, 2.05) is 0 Å². The van der Waals surface area contributed by atoms with Gasteiger partial charge in [0.1, 0.15) is 0 Å². The quantitative estimate of drug-likeness (QED) is 0.643. The van der Waals surface area contributed by atoms with Gasteiger partial charge in [0.2, 0.25) is 5.91 Å². The summed E-state index contributed by atoms with van der Waals surface area (Å²) in [6.45, 7) is 2.00. The number of carbonyl (C=O) groups is 1. The zero-order valence-corrected chi connectivity index (χ0v) is 9.03. The van der Waals surface area contributed by atoms with Crippen LogP contribution in [-0.4, -0.2) is 34.9 Å². The summed E-state index contributed by atoms with van der Waals surface area (Å²) < 4.78 is -0.0330. The Morgan fingerprint density at radius 2 is 1.92 bits per heavy atom. The maximum Gasteiger partial charge on any atom is 0.238 e. The number of carbonyl (C=O) groups excluding carboxylic acids is 1. The van der Waals surface area contributed by atoms with Crippen molar-refractivity contribution in [1.82, 2.24) is 4.90 Å². The number of rotatable bonds is 1. The summed E-state index contributed by atoms with van der Waals surface area (Å²) in [6, 6.07) is 0. The molecule has 2 nitrogen and oxygen atoms in total. The van der Waals surface area contributed by atoms with Gasteiger partial charge in [0, 0.05) is 13.1 Å². The van der Waals surface area contributed by atoms with Crippen LogP contribution in [0.4, 0.5) is 0 Å². The Morgan fingerprint density at radius 3 is 2.69 bits per heavy atom. The molecule has 2 rings (SSSR count). The van der Waals surface area contributed by atoms with Gasteiger partial charge in [-0.2, -0.15) is 0 Å². The molecule has 13 heavy (non-hydrogen) atoms. The van der Waals surface area contributed by atoms with Gasteiger partial charge in [-0.25, -0.2) is 0 Å². The normalized spacial score (nSPS) is 34.5. The summed E-state index contributed by atoms with van der Waals surface area (Å²) in [5.74, 6) is 0.420. The van der Waals surface area contributed by atoms with Crippen LogP contribution in [0.3, 0.4) is 0 Å². The smallest absolute Gasteiger partial charge is 0.238 e. The third-order valence-electron chi connectivity index (χ3n) is 3.34. The maximum absolute atomic E-state index is 12.1. The van der Waals surface area contributed by atoms with Gasteiger partial charge in [-0.15, -0.1) is 11.8 Å². The first-order valence-electron chi connectivity index (χ1n) is 5.13. The van der Waals surface area contributed by atoms with Crippen molar-refractivity contribution in [2.45, 2.75) is 36.9 Å². The lowest BCUT2D eigenvalue weighted by Crippen LogP contribution is -2.49. The lowest BCUT2D eigenvalue weighted by molar-refractivity contribution is -0.135. The van der Waals surface area contributed by atoms with E-state index in [9.17, 15) is 4.79 Å². The molecular weight excluding hydrogens is 182 g/mol. The minimum absolute atomic E-state index is 0.0330. The van der Waals surface area contributed by atoms with E-state index in [0.717, 1.165) is 25.9 Å². The van der Waals surface area contributed by atoms with Gasteiger partial charge in [0.15, 0.2) is 0 Å². The molecular formula is C10H17NOS. The van der Waals surface area contributed by atoms with Gasteiger partial charge in [-0.3, -0.25) is 4.79 Å². The molecule has 0 aliphatic carbocycles. The summed E-state index contributed by atoms with van der Waals surface area (Å²) in [4.78, 5) is 14.2. The Hall–Kier alpha value is -0.180. The third kappa shape index (κ3) is 1.47. The number of amides is 1. The fraction of sp³-hybridized carbons (Fsp3) is 0.900. The zero-order chi connectivity index (χ0) is 9.31. The Kier molecular flexibility index (Phi) is 2.54. The van der Waals surface area contributed by atoms with Crippen LogP contribution in [0.15, 0.2) is 0 Å². The molecule has 3 heteroatoms. The Morgan fingerprint density at radius 1 is 1.23 bits per heavy atom. The molecule has 0 aromatic rings. The standard InChI is InChI=1S/C10H17NOS/c1-13-10-5-2-3-7-11(9(10)12)8-4-6-10/h2-8H2,1H3. The van der Waals surface area contributed by atoms with Gasteiger partial charge >= 0.3 is 0 Å². The molecule has 1 atom stereocenters. The molecule has 2 heterocycles. The minimum Gasteiger partial charge on any atom is -0.341 e. The highest BCUT2D eigenvalue weighted by Crippen LogP contribution is 2.40. The summed E-state index contributed by atoms with van der Waals surface area (Å²) in [6.07, 6.45) is 7.92. The van der Waals surface area contributed by atoms with Crippen LogP contribution in [0, 0.1) is 0 Å². The molecule has 2 bridgehead atoms. The van der Waals surface area contributed by atoms with Crippen molar-refractivity contribution in [2.75, 3.05) is 19.3 Å². The van der Waals surface area contributed by atoms with Crippen LogP contribution in [0.5, 0.6) is 0 Å². The minimum atomic E-state index is -0.0330. The Bertz CT molecular complexity index is 219. The number of piperidine rings is 1. The van der Waals surface area contributed by atoms with E-state index < -0.39 is 0 Å². The van der Waals surface area contributed by atoms with Crippen LogP contribution in [-0.2, 0) is 4.79 Å². The van der Waals surface area contributed by atoms with Gasteiger partial charge in [-0.05, 0) is 38.4 Å². The Labute approximate surface area is 84.1 Å². The number of thioether (sulfide) groups is 1. The van der Waals surface area contributed by atoms with Crippen LogP contribution in [0.2, 0.25) is 0 Å². The van der Waals surface area contributed by atoms with Crippen molar-refractivity contribution in [3.05, 3.63) is 0 Å². The van der Waals surface area contributed by atoms with Crippen molar-refractivity contribution in [3.63, 3.8) is 0 Å². The SMILES string of the molecule is CSC12CCCCN(CCC1)C2=O. The molecule has 0 N–H and O–H groups in total. The van der Waals surface area contributed by atoms with E-state index in [4.69, 9.17) is 0 Å². The maximum atomic E-state index is 12.1. The highest BCUT2D eigenvalue weighted by molar-refractivity contribution is 8.00. The van der Waals surface area contributed by atoms with Crippen molar-refractivity contribution < 1.29 is 4.79 Å². The fourth-order valence-electron chi connectivity index (χ4n) is 2.50. The predicted molar refractivity (Wildman–Crippen MR) is 55.9 cm³/mol. The lowest BCUT2D eigenvalue weighted by atomic mass is 9.93. The molecule has 1 unspecified atom stereocenters. The van der Waals surface area contributed by atoms with Gasteiger partial charge in [-0.1, -0.05) is 0 Å². The van der Waals surface area contributed by atoms with E-state index in [2.05, 4.69) is 11.2 Å². The number of hydrogen-bond acceptors (Lipinski definition) is 2. The molecule has 0 saturated carbocycles. The van der Waals surface area contributed by atoms with Crippen LogP contribution in [0.25, 0.3) is 0 Å². The van der Waals surface area contributed by atoms with Crippen LogP contribution in [0.1, 0.15) is 32.1 Å². The van der Waals surface area contributed by atoms with Crippen molar-refractivity contribution >= 4 is 17.7 Å². The van der Waals surface area contributed by atoms with Crippen LogP contribution < -0.4 is 0 Å². The lowest BCUT2D eigenvalue weighted by Gasteiger charge is -2.38. The molecule has 2 fully saturated rings. The predicted octanol–water partition coefficient (Wildman–Crippen LogP) is 1.89. The molecule has 1 amide bonds. The fourth-order valence-corrected chi connectivity index (χ4v) is 3.50. The second-order valence-electron chi connectivity index (χ2n) is 4.05. The average Bonchev–Trinajstić information content (AvgIpc) is 2.26. The number of fused-ring (bicyclic) bond motifs is 2. The summed E-state index contributed by atoms with van der Waals surface area (Å²) in [5.41, 5.74) is 0. The van der Waals surface area contributed by atoms with Crippen molar-refractivity contribution in [3.8, 4) is 0 Å². The molecule has 2 saturated heterocycles. The first-order chi connectivity index (χ1) is 6.28. The molecule has 0 aromatic heterocycles. The third-order valence-corrected chi connectivity index (χ3v) is 4.70. The van der Waals surface area contributed by atoms with E-state index in [-0.39, 0.29) is 4.75 Å². The molecule has 74 valence electrons. The largest absolute Gasteiger partial charge is 0.341 e. The first kappa shape index (κ1) is 9.38. The zero-order valence-electron chi connectivity index (χ0n) is 8.21. The molecule has 2 aliphatic rings. The molecule has 0 aromatic carbocycles. The number of hydrogen-bond donors (Lipinski definition) is 0. The second kappa shape index (κ2) is 3.52. The monoisotopic (exact) mass is 199 g/mol. The van der Waals surface area contributed by atoms with Crippen LogP contribution >= 0.6 is 11.8 Å². The van der Waals surface area contributed by atoms with E-state index in [0.29, 0.717) is 5.91 Å². The van der Waals surface area contributed by atoms with Gasteiger partial charge in [0.05, 0.1) is 4.75 Å². The number of nitrogens with zero attached hydrogens (tertiary/aromatic N) is 1. The second-order valence-corrected chi connectivity index (χ2v) is 5.24. The topological polar surface area (TPSA) is 20.3 Å². The van der Waals surface area contributed by atoms with Crippen molar-refractivity contribution in [1.29, 1.82) is 0 Å². The van der Waals surface area contributed by atoms with Crippen molar-refractivity contribution in [2.24, 2.45) is 0 Å². The van der Waals surface area contributed by atoms with E-state index in [1.54, 1.807) is 11.8 Å². The highest BCUT2D eigenvalue weighted by Gasteiger charge is 2.43. The van der Waals surface area contributed by atoms with Gasteiger partial charge < -0.3 is 4.90 Å². The summed E-state index contributed by atoms with van der Waals surface area (Å²) >= 11 is 1.78. The molecule has 0 spiro atoms. The average molecular weight is 199 g/mol.